The second kappa shape index (κ2) is 7.15. The van der Waals surface area contributed by atoms with Crippen LogP contribution < -0.4 is 10.1 Å². The van der Waals surface area contributed by atoms with E-state index in [2.05, 4.69) is 15.5 Å². The Kier molecular flexibility index (Phi) is 4.76. The molecule has 0 saturated heterocycles. The maximum atomic E-state index is 12.3. The lowest BCUT2D eigenvalue weighted by molar-refractivity contribution is -0.118. The fourth-order valence-electron chi connectivity index (χ4n) is 5.75. The first-order chi connectivity index (χ1) is 13.5. The Hall–Kier alpha value is -1.37. The van der Waals surface area contributed by atoms with Gasteiger partial charge in [0.15, 0.2) is 6.61 Å². The Labute approximate surface area is 177 Å². The number of benzene rings is 1. The van der Waals surface area contributed by atoms with Crippen LogP contribution in [0.1, 0.15) is 43.5 Å². The van der Waals surface area contributed by atoms with Crippen LogP contribution in [0.25, 0.3) is 0 Å². The summed E-state index contributed by atoms with van der Waals surface area (Å²) in [6, 6.07) is 4.90. The van der Waals surface area contributed by atoms with Crippen LogP contribution in [0.15, 0.2) is 18.2 Å². The molecule has 28 heavy (non-hydrogen) atoms. The molecule has 148 valence electrons. The van der Waals surface area contributed by atoms with Crippen molar-refractivity contribution in [1.29, 1.82) is 0 Å². The van der Waals surface area contributed by atoms with Crippen molar-refractivity contribution >= 4 is 45.6 Å². The summed E-state index contributed by atoms with van der Waals surface area (Å²) in [5.41, 5.74) is 0.197. The molecule has 6 rings (SSSR count). The largest absolute Gasteiger partial charge is 0.482 e. The third-order valence-corrected chi connectivity index (χ3v) is 8.03. The molecule has 1 heterocycles. The molecule has 4 aliphatic rings. The van der Waals surface area contributed by atoms with Gasteiger partial charge in [-0.15, -0.1) is 10.2 Å². The summed E-state index contributed by atoms with van der Waals surface area (Å²) < 4.78 is 5.49. The van der Waals surface area contributed by atoms with E-state index < -0.39 is 0 Å². The van der Waals surface area contributed by atoms with E-state index in [4.69, 9.17) is 27.9 Å². The van der Waals surface area contributed by atoms with Gasteiger partial charge in [-0.3, -0.25) is 10.1 Å². The molecule has 0 spiro atoms. The SMILES string of the molecule is O=C(COc1ccc(Cl)cc1Cl)Nc1nnc(C23CC4CC(CC(C4)C2)C3)s1. The zero-order valence-electron chi connectivity index (χ0n) is 15.3. The first-order valence-electron chi connectivity index (χ1n) is 9.71. The van der Waals surface area contributed by atoms with Crippen molar-refractivity contribution in [2.24, 2.45) is 17.8 Å². The lowest BCUT2D eigenvalue weighted by Crippen LogP contribution is -2.48. The number of carbonyl (C=O) groups is 1. The smallest absolute Gasteiger partial charge is 0.264 e. The van der Waals surface area contributed by atoms with Crippen LogP contribution >= 0.6 is 34.5 Å². The average Bonchev–Trinajstić information content (AvgIpc) is 3.09. The number of nitrogens with one attached hydrogen (secondary N) is 1. The van der Waals surface area contributed by atoms with E-state index in [9.17, 15) is 4.79 Å². The highest BCUT2D eigenvalue weighted by Gasteiger charge is 2.53. The highest BCUT2D eigenvalue weighted by molar-refractivity contribution is 7.15. The molecule has 1 aromatic carbocycles. The Bertz CT molecular complexity index is 881. The van der Waals surface area contributed by atoms with Crippen molar-refractivity contribution in [3.05, 3.63) is 33.3 Å². The van der Waals surface area contributed by atoms with Crippen LogP contribution in [0.3, 0.4) is 0 Å². The normalized spacial score (nSPS) is 30.4. The minimum Gasteiger partial charge on any atom is -0.482 e. The van der Waals surface area contributed by atoms with Crippen LogP contribution in [0.4, 0.5) is 5.13 Å². The highest BCUT2D eigenvalue weighted by Crippen LogP contribution is 2.61. The maximum Gasteiger partial charge on any atom is 0.264 e. The van der Waals surface area contributed by atoms with Gasteiger partial charge in [0.05, 0.1) is 5.02 Å². The molecular formula is C20H21Cl2N3O2S. The van der Waals surface area contributed by atoms with Gasteiger partial charge in [0.25, 0.3) is 5.91 Å². The second-order valence-electron chi connectivity index (χ2n) is 8.52. The van der Waals surface area contributed by atoms with Crippen LogP contribution in [0, 0.1) is 17.8 Å². The number of carbonyl (C=O) groups excluding carboxylic acids is 1. The summed E-state index contributed by atoms with van der Waals surface area (Å²) in [5, 5.41) is 14.1. The van der Waals surface area contributed by atoms with Gasteiger partial charge >= 0.3 is 0 Å². The van der Waals surface area contributed by atoms with Crippen molar-refractivity contribution in [3.8, 4) is 5.75 Å². The van der Waals surface area contributed by atoms with E-state index >= 15 is 0 Å². The standard InChI is InChI=1S/C20H21Cl2N3O2S/c21-14-1-2-16(15(22)6-14)27-10-17(26)23-19-25-24-18(28-19)20-7-11-3-12(8-20)5-13(4-11)9-20/h1-2,6,11-13H,3-5,7-10H2,(H,23,25,26). The molecule has 4 aliphatic carbocycles. The van der Waals surface area contributed by atoms with E-state index in [0.717, 1.165) is 22.8 Å². The fraction of sp³-hybridized carbons (Fsp3) is 0.550. The van der Waals surface area contributed by atoms with E-state index in [1.165, 1.54) is 49.9 Å². The highest BCUT2D eigenvalue weighted by atomic mass is 35.5. The Morgan fingerprint density at radius 2 is 1.82 bits per heavy atom. The van der Waals surface area contributed by atoms with Gasteiger partial charge < -0.3 is 4.74 Å². The average molecular weight is 438 g/mol. The summed E-state index contributed by atoms with van der Waals surface area (Å²) >= 11 is 13.5. The van der Waals surface area contributed by atoms with Crippen molar-refractivity contribution in [1.82, 2.24) is 10.2 Å². The molecular weight excluding hydrogens is 417 g/mol. The predicted octanol–water partition coefficient (Wildman–Crippen LogP) is 5.33. The number of nitrogens with zero attached hydrogens (tertiary/aromatic N) is 2. The van der Waals surface area contributed by atoms with E-state index in [1.807, 2.05) is 0 Å². The number of rotatable bonds is 5. The predicted molar refractivity (Wildman–Crippen MR) is 110 cm³/mol. The monoisotopic (exact) mass is 437 g/mol. The van der Waals surface area contributed by atoms with Gasteiger partial charge in [0.1, 0.15) is 10.8 Å². The number of hydrogen-bond donors (Lipinski definition) is 1. The molecule has 2 aromatic rings. The molecule has 0 aliphatic heterocycles. The Morgan fingerprint density at radius 3 is 2.46 bits per heavy atom. The summed E-state index contributed by atoms with van der Waals surface area (Å²) in [6.07, 6.45) is 7.89. The Morgan fingerprint density at radius 1 is 1.14 bits per heavy atom. The van der Waals surface area contributed by atoms with Crippen LogP contribution in [-0.4, -0.2) is 22.7 Å². The van der Waals surface area contributed by atoms with Crippen molar-refractivity contribution < 1.29 is 9.53 Å². The molecule has 0 atom stereocenters. The zero-order chi connectivity index (χ0) is 19.3. The number of aromatic nitrogens is 2. The number of amides is 1. The first kappa shape index (κ1) is 18.6. The third kappa shape index (κ3) is 3.51. The number of ether oxygens (including phenoxy) is 1. The van der Waals surface area contributed by atoms with Gasteiger partial charge in [-0.2, -0.15) is 0 Å². The summed E-state index contributed by atoms with van der Waals surface area (Å²) in [7, 11) is 0. The molecule has 4 saturated carbocycles. The summed E-state index contributed by atoms with van der Waals surface area (Å²) in [6.45, 7) is -0.145. The Balaban J connectivity index is 1.23. The van der Waals surface area contributed by atoms with Gasteiger partial charge in [-0.05, 0) is 74.5 Å². The van der Waals surface area contributed by atoms with Gasteiger partial charge in [-0.25, -0.2) is 0 Å². The van der Waals surface area contributed by atoms with E-state index in [1.54, 1.807) is 18.2 Å². The second-order valence-corrected chi connectivity index (χ2v) is 10.3. The third-order valence-electron chi connectivity index (χ3n) is 6.42. The van der Waals surface area contributed by atoms with Crippen LogP contribution in [0.2, 0.25) is 10.0 Å². The number of anilines is 1. The fourth-order valence-corrected chi connectivity index (χ4v) is 7.19. The lowest BCUT2D eigenvalue weighted by atomic mass is 9.50. The van der Waals surface area contributed by atoms with E-state index in [-0.39, 0.29) is 17.9 Å². The van der Waals surface area contributed by atoms with Crippen LogP contribution in [0.5, 0.6) is 5.75 Å². The first-order valence-corrected chi connectivity index (χ1v) is 11.3. The molecule has 1 aromatic heterocycles. The zero-order valence-corrected chi connectivity index (χ0v) is 17.6. The molecule has 1 amide bonds. The molecule has 4 fully saturated rings. The molecule has 1 N–H and O–H groups in total. The van der Waals surface area contributed by atoms with Crippen molar-refractivity contribution in [3.63, 3.8) is 0 Å². The van der Waals surface area contributed by atoms with Gasteiger partial charge in [0, 0.05) is 10.4 Å². The van der Waals surface area contributed by atoms with Gasteiger partial charge in [0.2, 0.25) is 5.13 Å². The van der Waals surface area contributed by atoms with Crippen LogP contribution in [-0.2, 0) is 10.2 Å². The minimum atomic E-state index is -0.278. The molecule has 0 radical (unpaired) electrons. The molecule has 0 unspecified atom stereocenters. The lowest BCUT2D eigenvalue weighted by Gasteiger charge is -2.55. The molecule has 5 nitrogen and oxygen atoms in total. The maximum absolute atomic E-state index is 12.3. The van der Waals surface area contributed by atoms with E-state index in [0.29, 0.717) is 20.9 Å². The molecule has 8 heteroatoms. The van der Waals surface area contributed by atoms with Crippen molar-refractivity contribution in [2.45, 2.75) is 43.9 Å². The van der Waals surface area contributed by atoms with Crippen molar-refractivity contribution in [2.75, 3.05) is 11.9 Å². The number of hydrogen-bond acceptors (Lipinski definition) is 5. The number of halogens is 2. The molecule has 4 bridgehead atoms. The quantitative estimate of drug-likeness (QED) is 0.686. The summed E-state index contributed by atoms with van der Waals surface area (Å²) in [4.78, 5) is 12.3. The topological polar surface area (TPSA) is 64.1 Å². The van der Waals surface area contributed by atoms with Gasteiger partial charge in [-0.1, -0.05) is 34.5 Å². The summed E-state index contributed by atoms with van der Waals surface area (Å²) in [5.74, 6) is 2.70. The minimum absolute atomic E-state index is 0.145.